The van der Waals surface area contributed by atoms with E-state index < -0.39 is 0 Å². The van der Waals surface area contributed by atoms with E-state index in [2.05, 4.69) is 16.6 Å². The molecule has 6 heteroatoms. The lowest BCUT2D eigenvalue weighted by molar-refractivity contribution is -0.122. The molecule has 4 rings (SSSR count). The molecule has 144 valence electrons. The Labute approximate surface area is 178 Å². The average Bonchev–Trinajstić information content (AvgIpc) is 3.13. The lowest BCUT2D eigenvalue weighted by Gasteiger charge is -2.09. The number of carbonyl (C=O) groups is 2. The van der Waals surface area contributed by atoms with Crippen molar-refractivity contribution in [3.05, 3.63) is 75.3 Å². The van der Waals surface area contributed by atoms with Gasteiger partial charge >= 0.3 is 0 Å². The predicted octanol–water partition coefficient (Wildman–Crippen LogP) is 5.32. The Morgan fingerprint density at radius 1 is 1.14 bits per heavy atom. The van der Waals surface area contributed by atoms with Gasteiger partial charge in [0, 0.05) is 33.7 Å². The molecule has 1 aliphatic rings. The number of thioether (sulfide) groups is 1. The quantitative estimate of drug-likeness (QED) is 0.423. The molecule has 0 radical (unpaired) electrons. The second kappa shape index (κ2) is 7.82. The molecular formula is C23H17ClN2O2S. The van der Waals surface area contributed by atoms with Gasteiger partial charge in [-0.25, -0.2) is 0 Å². The van der Waals surface area contributed by atoms with E-state index in [1.807, 2.05) is 49.4 Å². The molecule has 0 spiro atoms. The van der Waals surface area contributed by atoms with Crippen LogP contribution in [0.5, 0.6) is 0 Å². The number of amides is 2. The minimum absolute atomic E-state index is 0.0146. The minimum atomic E-state index is -0.341. The van der Waals surface area contributed by atoms with E-state index >= 15 is 0 Å². The summed E-state index contributed by atoms with van der Waals surface area (Å²) in [6, 6.07) is 15.8. The van der Waals surface area contributed by atoms with Gasteiger partial charge in [-0.05, 0) is 48.5 Å². The predicted molar refractivity (Wildman–Crippen MR) is 119 cm³/mol. The zero-order valence-electron chi connectivity index (χ0n) is 15.7. The van der Waals surface area contributed by atoms with Crippen LogP contribution in [0, 0.1) is 19.3 Å². The Bertz CT molecular complexity index is 1200. The number of fused-ring (bicyclic) bond motifs is 1. The van der Waals surface area contributed by atoms with Crippen molar-refractivity contribution in [2.75, 3.05) is 6.54 Å². The number of halogens is 1. The first kappa shape index (κ1) is 19.4. The van der Waals surface area contributed by atoms with E-state index in [0.717, 1.165) is 44.4 Å². The molecule has 0 aliphatic carbocycles. The molecule has 2 amide bonds. The van der Waals surface area contributed by atoms with Crippen LogP contribution in [0.3, 0.4) is 0 Å². The van der Waals surface area contributed by atoms with Crippen LogP contribution in [0.1, 0.15) is 16.8 Å². The van der Waals surface area contributed by atoms with Crippen LogP contribution in [-0.2, 0) is 11.3 Å². The number of hydrogen-bond acceptors (Lipinski definition) is 3. The van der Waals surface area contributed by atoms with Crippen molar-refractivity contribution in [2.24, 2.45) is 0 Å². The van der Waals surface area contributed by atoms with E-state index in [1.54, 1.807) is 6.08 Å². The zero-order valence-corrected chi connectivity index (χ0v) is 17.3. The highest BCUT2D eigenvalue weighted by Gasteiger charge is 2.34. The van der Waals surface area contributed by atoms with Crippen molar-refractivity contribution in [1.82, 2.24) is 9.47 Å². The van der Waals surface area contributed by atoms with Crippen molar-refractivity contribution in [3.8, 4) is 12.3 Å². The summed E-state index contributed by atoms with van der Waals surface area (Å²) < 4.78 is 2.20. The standard InChI is InChI=1S/C23H17ClN2O2S/c1-3-12-25-22(27)21(29-23(25)28)13-19-15(2)26(20-7-5-4-6-18(19)20)14-16-8-10-17(24)11-9-16/h1,4-11,13H,12,14H2,2H3/b21-13+. The molecule has 0 unspecified atom stereocenters. The maximum atomic E-state index is 12.6. The number of terminal acetylenes is 1. The fourth-order valence-corrected chi connectivity index (χ4v) is 4.42. The number of para-hydroxylation sites is 1. The molecule has 1 aliphatic heterocycles. The number of carbonyl (C=O) groups excluding carboxylic acids is 2. The van der Waals surface area contributed by atoms with Crippen LogP contribution in [0.2, 0.25) is 5.02 Å². The Morgan fingerprint density at radius 2 is 1.86 bits per heavy atom. The molecular weight excluding hydrogens is 404 g/mol. The van der Waals surface area contributed by atoms with Crippen molar-refractivity contribution < 1.29 is 9.59 Å². The second-order valence-corrected chi connectivity index (χ2v) is 8.13. The van der Waals surface area contributed by atoms with Gasteiger partial charge in [0.25, 0.3) is 11.1 Å². The van der Waals surface area contributed by atoms with Crippen LogP contribution in [-0.4, -0.2) is 27.2 Å². The molecule has 2 aromatic carbocycles. The Balaban J connectivity index is 1.79. The number of imide groups is 1. The third-order valence-electron chi connectivity index (χ3n) is 4.93. The van der Waals surface area contributed by atoms with Gasteiger partial charge in [-0.2, -0.15) is 0 Å². The first-order valence-electron chi connectivity index (χ1n) is 9.00. The maximum Gasteiger partial charge on any atom is 0.294 e. The fraction of sp³-hybridized carbons (Fsp3) is 0.130. The molecule has 2 heterocycles. The molecule has 4 nitrogen and oxygen atoms in total. The summed E-state index contributed by atoms with van der Waals surface area (Å²) in [4.78, 5) is 26.2. The molecule has 0 N–H and O–H groups in total. The second-order valence-electron chi connectivity index (χ2n) is 6.70. The van der Waals surface area contributed by atoms with Gasteiger partial charge in [-0.1, -0.05) is 47.9 Å². The average molecular weight is 421 g/mol. The normalized spacial score (nSPS) is 15.5. The lowest BCUT2D eigenvalue weighted by Crippen LogP contribution is -2.28. The number of aromatic nitrogens is 1. The third kappa shape index (κ3) is 3.57. The fourth-order valence-electron chi connectivity index (χ4n) is 3.47. The van der Waals surface area contributed by atoms with Crippen LogP contribution in [0.4, 0.5) is 4.79 Å². The number of hydrogen-bond donors (Lipinski definition) is 0. The number of rotatable bonds is 4. The van der Waals surface area contributed by atoms with Crippen molar-refractivity contribution in [2.45, 2.75) is 13.5 Å². The Morgan fingerprint density at radius 3 is 2.59 bits per heavy atom. The molecule has 0 atom stereocenters. The maximum absolute atomic E-state index is 12.6. The van der Waals surface area contributed by atoms with E-state index in [9.17, 15) is 9.59 Å². The molecule has 0 saturated carbocycles. The van der Waals surface area contributed by atoms with Gasteiger partial charge < -0.3 is 4.57 Å². The summed E-state index contributed by atoms with van der Waals surface area (Å²) in [5, 5.41) is 1.40. The van der Waals surface area contributed by atoms with Crippen LogP contribution < -0.4 is 0 Å². The summed E-state index contributed by atoms with van der Waals surface area (Å²) in [7, 11) is 0. The largest absolute Gasteiger partial charge is 0.340 e. The molecule has 1 fully saturated rings. The van der Waals surface area contributed by atoms with E-state index in [1.165, 1.54) is 0 Å². The topological polar surface area (TPSA) is 42.3 Å². The molecule has 0 bridgehead atoms. The molecule has 3 aromatic rings. The lowest BCUT2D eigenvalue weighted by atomic mass is 10.1. The summed E-state index contributed by atoms with van der Waals surface area (Å²) in [6.45, 7) is 2.68. The monoisotopic (exact) mass is 420 g/mol. The summed E-state index contributed by atoms with van der Waals surface area (Å²) in [6.07, 6.45) is 7.08. The summed E-state index contributed by atoms with van der Waals surface area (Å²) in [5.74, 6) is 2.02. The molecule has 1 saturated heterocycles. The van der Waals surface area contributed by atoms with E-state index in [4.69, 9.17) is 18.0 Å². The molecule has 29 heavy (non-hydrogen) atoms. The van der Waals surface area contributed by atoms with Gasteiger partial charge in [0.1, 0.15) is 0 Å². The number of nitrogens with zero attached hydrogens (tertiary/aromatic N) is 2. The highest BCUT2D eigenvalue weighted by molar-refractivity contribution is 8.18. The first-order valence-corrected chi connectivity index (χ1v) is 10.2. The van der Waals surface area contributed by atoms with Gasteiger partial charge in [-0.15, -0.1) is 6.42 Å². The van der Waals surface area contributed by atoms with Crippen molar-refractivity contribution in [1.29, 1.82) is 0 Å². The minimum Gasteiger partial charge on any atom is -0.340 e. The Kier molecular flexibility index (Phi) is 5.23. The Hall–Kier alpha value is -2.94. The highest BCUT2D eigenvalue weighted by Crippen LogP contribution is 2.35. The van der Waals surface area contributed by atoms with Gasteiger partial charge in [0.05, 0.1) is 11.4 Å². The third-order valence-corrected chi connectivity index (χ3v) is 6.09. The summed E-state index contributed by atoms with van der Waals surface area (Å²) in [5.41, 5.74) is 4.14. The smallest absolute Gasteiger partial charge is 0.294 e. The van der Waals surface area contributed by atoms with Gasteiger partial charge in [0.2, 0.25) is 0 Å². The van der Waals surface area contributed by atoms with Crippen LogP contribution in [0.15, 0.2) is 53.4 Å². The highest BCUT2D eigenvalue weighted by atomic mass is 35.5. The van der Waals surface area contributed by atoms with Crippen molar-refractivity contribution in [3.63, 3.8) is 0 Å². The summed E-state index contributed by atoms with van der Waals surface area (Å²) >= 11 is 6.94. The van der Waals surface area contributed by atoms with Gasteiger partial charge in [-0.3, -0.25) is 14.5 Å². The SMILES string of the molecule is C#CCN1C(=O)S/C(=C/c2c(C)n(Cc3ccc(Cl)cc3)c3ccccc23)C1=O. The van der Waals surface area contributed by atoms with E-state index in [0.29, 0.717) is 16.5 Å². The van der Waals surface area contributed by atoms with Crippen LogP contribution >= 0.6 is 23.4 Å². The van der Waals surface area contributed by atoms with Crippen molar-refractivity contribution >= 4 is 51.5 Å². The first-order chi connectivity index (χ1) is 14.0. The number of benzene rings is 2. The molecule has 1 aromatic heterocycles. The zero-order chi connectivity index (χ0) is 20.5. The van der Waals surface area contributed by atoms with Gasteiger partial charge in [0.15, 0.2) is 0 Å². The van der Waals surface area contributed by atoms with Crippen LogP contribution in [0.25, 0.3) is 17.0 Å². The van der Waals surface area contributed by atoms with E-state index in [-0.39, 0.29) is 17.7 Å².